The number of esters is 1. The molecule has 2 aromatic carbocycles. The van der Waals surface area contributed by atoms with E-state index in [2.05, 4.69) is 23.7 Å². The molecule has 39 heavy (non-hydrogen) atoms. The monoisotopic (exact) mass is 527 g/mol. The van der Waals surface area contributed by atoms with Gasteiger partial charge in [-0.3, -0.25) is 9.69 Å². The van der Waals surface area contributed by atoms with E-state index in [0.29, 0.717) is 47.1 Å². The third kappa shape index (κ3) is 5.96. The average Bonchev–Trinajstić information content (AvgIpc) is 3.61. The molecular formula is C31H37N5O3. The summed E-state index contributed by atoms with van der Waals surface area (Å²) in [5, 5.41) is 5.38. The molecule has 2 aromatic heterocycles. The van der Waals surface area contributed by atoms with Gasteiger partial charge in [-0.15, -0.1) is 0 Å². The second-order valence-electron chi connectivity index (χ2n) is 10.3. The number of carbonyl (C=O) groups is 1. The SMILES string of the molecule is CCc1nn(C2CCCC2)c2nc(Cc3ccc(OC(=O)c4ccc(CN(CC)CC)cc4)cc3)[nH]c(=O)c12. The van der Waals surface area contributed by atoms with Gasteiger partial charge in [0.1, 0.15) is 17.0 Å². The lowest BCUT2D eigenvalue weighted by molar-refractivity contribution is 0.0734. The number of nitrogens with zero attached hydrogens (tertiary/aromatic N) is 4. The van der Waals surface area contributed by atoms with Crippen LogP contribution >= 0.6 is 0 Å². The van der Waals surface area contributed by atoms with E-state index in [-0.39, 0.29) is 11.5 Å². The summed E-state index contributed by atoms with van der Waals surface area (Å²) in [6, 6.07) is 15.2. The zero-order chi connectivity index (χ0) is 27.4. The van der Waals surface area contributed by atoms with Crippen LogP contribution in [-0.4, -0.2) is 43.7 Å². The topological polar surface area (TPSA) is 93.1 Å². The van der Waals surface area contributed by atoms with Gasteiger partial charge in [-0.05, 0) is 67.7 Å². The van der Waals surface area contributed by atoms with Crippen LogP contribution in [0.5, 0.6) is 5.75 Å². The number of nitrogens with one attached hydrogen (secondary N) is 1. The Morgan fingerprint density at radius 1 is 1.00 bits per heavy atom. The van der Waals surface area contributed by atoms with Crippen molar-refractivity contribution in [2.45, 2.75) is 71.9 Å². The largest absolute Gasteiger partial charge is 0.423 e. The fourth-order valence-electron chi connectivity index (χ4n) is 5.38. The molecule has 5 rings (SSSR count). The third-order valence-corrected chi connectivity index (χ3v) is 7.68. The second kappa shape index (κ2) is 11.9. The summed E-state index contributed by atoms with van der Waals surface area (Å²) in [4.78, 5) is 35.8. The van der Waals surface area contributed by atoms with Crippen molar-refractivity contribution >= 4 is 17.0 Å². The molecule has 1 aliphatic rings. The van der Waals surface area contributed by atoms with Crippen molar-refractivity contribution in [3.05, 3.63) is 87.1 Å². The molecule has 0 spiro atoms. The summed E-state index contributed by atoms with van der Waals surface area (Å²) < 4.78 is 7.58. The number of aromatic amines is 1. The van der Waals surface area contributed by atoms with Crippen LogP contribution in [0.1, 0.15) is 85.5 Å². The molecule has 0 atom stereocenters. The Morgan fingerprint density at radius 3 is 2.31 bits per heavy atom. The molecule has 4 aromatic rings. The summed E-state index contributed by atoms with van der Waals surface area (Å²) in [7, 11) is 0. The average molecular weight is 528 g/mol. The Hall–Kier alpha value is -3.78. The van der Waals surface area contributed by atoms with Gasteiger partial charge in [0.25, 0.3) is 5.56 Å². The molecule has 0 amide bonds. The molecule has 0 bridgehead atoms. The smallest absolute Gasteiger partial charge is 0.343 e. The van der Waals surface area contributed by atoms with Crippen LogP contribution in [0.4, 0.5) is 0 Å². The van der Waals surface area contributed by atoms with Crippen LogP contribution in [0.2, 0.25) is 0 Å². The zero-order valence-electron chi connectivity index (χ0n) is 23.1. The van der Waals surface area contributed by atoms with E-state index < -0.39 is 0 Å². The highest BCUT2D eigenvalue weighted by Crippen LogP contribution is 2.31. The highest BCUT2D eigenvalue weighted by atomic mass is 16.5. The van der Waals surface area contributed by atoms with Crippen molar-refractivity contribution in [3.8, 4) is 5.75 Å². The van der Waals surface area contributed by atoms with Gasteiger partial charge >= 0.3 is 5.97 Å². The maximum atomic E-state index is 13.0. The maximum absolute atomic E-state index is 13.0. The summed E-state index contributed by atoms with van der Waals surface area (Å²) in [6.45, 7) is 9.14. The quantitative estimate of drug-likeness (QED) is 0.218. The van der Waals surface area contributed by atoms with Crippen LogP contribution in [0.15, 0.2) is 53.3 Å². The van der Waals surface area contributed by atoms with Gasteiger partial charge in [0.2, 0.25) is 0 Å². The molecular weight excluding hydrogens is 490 g/mol. The first-order valence-corrected chi connectivity index (χ1v) is 14.1. The molecule has 0 radical (unpaired) electrons. The summed E-state index contributed by atoms with van der Waals surface area (Å²) >= 11 is 0. The highest BCUT2D eigenvalue weighted by Gasteiger charge is 2.24. The predicted octanol–water partition coefficient (Wildman–Crippen LogP) is 5.45. The van der Waals surface area contributed by atoms with E-state index in [1.807, 2.05) is 48.0 Å². The van der Waals surface area contributed by atoms with E-state index in [9.17, 15) is 9.59 Å². The molecule has 0 saturated heterocycles. The number of hydrogen-bond donors (Lipinski definition) is 1. The number of rotatable bonds is 10. The number of benzene rings is 2. The molecule has 0 unspecified atom stereocenters. The minimum Gasteiger partial charge on any atom is -0.423 e. The minimum atomic E-state index is -0.388. The zero-order valence-corrected chi connectivity index (χ0v) is 23.1. The predicted molar refractivity (Wildman–Crippen MR) is 152 cm³/mol. The van der Waals surface area contributed by atoms with Crippen LogP contribution in [0.25, 0.3) is 11.0 Å². The van der Waals surface area contributed by atoms with E-state index in [4.69, 9.17) is 14.8 Å². The first-order chi connectivity index (χ1) is 19.0. The molecule has 1 saturated carbocycles. The van der Waals surface area contributed by atoms with Crippen molar-refractivity contribution in [3.63, 3.8) is 0 Å². The van der Waals surface area contributed by atoms with Crippen LogP contribution in [0.3, 0.4) is 0 Å². The van der Waals surface area contributed by atoms with Crippen molar-refractivity contribution < 1.29 is 9.53 Å². The fraction of sp³-hybridized carbons (Fsp3) is 0.419. The number of aryl methyl sites for hydroxylation is 1. The van der Waals surface area contributed by atoms with Gasteiger partial charge in [-0.1, -0.05) is 57.9 Å². The molecule has 1 aliphatic carbocycles. The maximum Gasteiger partial charge on any atom is 0.343 e. The molecule has 8 nitrogen and oxygen atoms in total. The number of carbonyl (C=O) groups excluding carboxylic acids is 1. The van der Waals surface area contributed by atoms with Crippen LogP contribution in [-0.2, 0) is 19.4 Å². The van der Waals surface area contributed by atoms with Gasteiger partial charge in [0.05, 0.1) is 17.3 Å². The van der Waals surface area contributed by atoms with Crippen molar-refractivity contribution in [1.82, 2.24) is 24.6 Å². The Morgan fingerprint density at radius 2 is 1.67 bits per heavy atom. The number of H-pyrrole nitrogens is 1. The van der Waals surface area contributed by atoms with Gasteiger partial charge in [0.15, 0.2) is 5.65 Å². The van der Waals surface area contributed by atoms with Gasteiger partial charge < -0.3 is 9.72 Å². The van der Waals surface area contributed by atoms with Crippen LogP contribution < -0.4 is 10.3 Å². The summed E-state index contributed by atoms with van der Waals surface area (Å²) in [5.74, 6) is 0.684. The lowest BCUT2D eigenvalue weighted by Crippen LogP contribution is -2.22. The van der Waals surface area contributed by atoms with E-state index in [1.165, 1.54) is 18.4 Å². The summed E-state index contributed by atoms with van der Waals surface area (Å²) in [5.41, 5.74) is 4.00. The summed E-state index contributed by atoms with van der Waals surface area (Å²) in [6.07, 6.45) is 5.67. The Kier molecular flexibility index (Phi) is 8.21. The molecule has 1 N–H and O–H groups in total. The Bertz CT molecular complexity index is 1480. The van der Waals surface area contributed by atoms with E-state index in [1.54, 1.807) is 12.1 Å². The first-order valence-electron chi connectivity index (χ1n) is 14.1. The van der Waals surface area contributed by atoms with Crippen LogP contribution in [0, 0.1) is 0 Å². The molecule has 2 heterocycles. The lowest BCUT2D eigenvalue weighted by Gasteiger charge is -2.17. The Balaban J connectivity index is 1.27. The van der Waals surface area contributed by atoms with Crippen molar-refractivity contribution in [1.29, 1.82) is 0 Å². The van der Waals surface area contributed by atoms with Gasteiger partial charge in [0, 0.05) is 13.0 Å². The molecule has 8 heteroatoms. The van der Waals surface area contributed by atoms with E-state index >= 15 is 0 Å². The van der Waals surface area contributed by atoms with Crippen molar-refractivity contribution in [2.75, 3.05) is 13.1 Å². The molecule has 1 fully saturated rings. The third-order valence-electron chi connectivity index (χ3n) is 7.68. The number of fused-ring (bicyclic) bond motifs is 1. The fourth-order valence-corrected chi connectivity index (χ4v) is 5.38. The minimum absolute atomic E-state index is 0.134. The standard InChI is InChI=1S/C31H37N5O3/c1-4-26-28-29(36(34-26)24-9-7-8-10-24)32-27(33-30(28)37)19-21-13-17-25(18-14-21)39-31(38)23-15-11-22(12-16-23)20-35(5-2)6-3/h11-18,24H,4-10,19-20H2,1-3H3,(H,32,33,37). The molecule has 204 valence electrons. The molecule has 0 aliphatic heterocycles. The van der Waals surface area contributed by atoms with Gasteiger partial charge in [-0.25, -0.2) is 14.5 Å². The number of aromatic nitrogens is 4. The van der Waals surface area contributed by atoms with E-state index in [0.717, 1.165) is 43.7 Å². The highest BCUT2D eigenvalue weighted by molar-refractivity contribution is 5.91. The Labute approximate surface area is 229 Å². The number of ether oxygens (including phenoxy) is 1. The normalized spacial score (nSPS) is 13.9. The van der Waals surface area contributed by atoms with Gasteiger partial charge in [-0.2, -0.15) is 5.10 Å². The van der Waals surface area contributed by atoms with Crippen molar-refractivity contribution in [2.24, 2.45) is 0 Å². The first kappa shape index (κ1) is 26.8. The lowest BCUT2D eigenvalue weighted by atomic mass is 10.1. The second-order valence-corrected chi connectivity index (χ2v) is 10.3. The number of hydrogen-bond acceptors (Lipinski definition) is 6.